The lowest BCUT2D eigenvalue weighted by Gasteiger charge is -2.10. The van der Waals surface area contributed by atoms with Crippen molar-refractivity contribution in [3.8, 4) is 17.6 Å². The topological polar surface area (TPSA) is 120 Å². The summed E-state index contributed by atoms with van der Waals surface area (Å²) in [5, 5.41) is 9.51. The van der Waals surface area contributed by atoms with Crippen molar-refractivity contribution in [2.24, 2.45) is 14.1 Å². The third-order valence-corrected chi connectivity index (χ3v) is 4.45. The normalized spacial score (nSPS) is 11.0. The summed E-state index contributed by atoms with van der Waals surface area (Å²) in [6.07, 6.45) is 1.34. The van der Waals surface area contributed by atoms with E-state index in [1.807, 2.05) is 18.2 Å². The van der Waals surface area contributed by atoms with Crippen molar-refractivity contribution < 1.29 is 9.53 Å². The number of rotatable bonds is 5. The van der Waals surface area contributed by atoms with Crippen LogP contribution in [0.4, 0.5) is 5.82 Å². The third kappa shape index (κ3) is 3.91. The molecule has 0 saturated carbocycles. The van der Waals surface area contributed by atoms with Crippen molar-refractivity contribution in [3.05, 3.63) is 92.1 Å². The number of nitrogens with two attached hydrogens (primary N) is 1. The lowest BCUT2D eigenvalue weighted by atomic mass is 10.0. The number of nitrogens with zero attached hydrogens (tertiary/aromatic N) is 3. The Kier molecular flexibility index (Phi) is 5.65. The molecule has 0 aliphatic carbocycles. The summed E-state index contributed by atoms with van der Waals surface area (Å²) in [6, 6.07) is 17.7. The van der Waals surface area contributed by atoms with Crippen LogP contribution in [0, 0.1) is 11.3 Å². The van der Waals surface area contributed by atoms with E-state index in [0.29, 0.717) is 17.1 Å². The first-order valence-corrected chi connectivity index (χ1v) is 8.88. The summed E-state index contributed by atoms with van der Waals surface area (Å²) in [7, 11) is 2.58. The molecule has 2 aromatic carbocycles. The SMILES string of the molecule is Cn1c(N)c(C(=O)/C(C#N)=C/c2cccc(Oc3ccccc3)c2)c(=O)n(C)c1=O. The first-order chi connectivity index (χ1) is 14.3. The fourth-order valence-electron chi connectivity index (χ4n) is 2.82. The average Bonchev–Trinajstić information content (AvgIpc) is 2.75. The van der Waals surface area contributed by atoms with E-state index in [1.54, 1.807) is 42.5 Å². The van der Waals surface area contributed by atoms with Crippen LogP contribution in [0.15, 0.2) is 69.8 Å². The largest absolute Gasteiger partial charge is 0.457 e. The van der Waals surface area contributed by atoms with Crippen LogP contribution in [0.3, 0.4) is 0 Å². The van der Waals surface area contributed by atoms with E-state index in [1.165, 1.54) is 20.2 Å². The van der Waals surface area contributed by atoms with Crippen molar-refractivity contribution >= 4 is 17.7 Å². The Morgan fingerprint density at radius 1 is 1.03 bits per heavy atom. The molecule has 0 fully saturated rings. The minimum atomic E-state index is -0.861. The van der Waals surface area contributed by atoms with Gasteiger partial charge in [0, 0.05) is 14.1 Å². The highest BCUT2D eigenvalue weighted by Gasteiger charge is 2.23. The van der Waals surface area contributed by atoms with E-state index >= 15 is 0 Å². The lowest BCUT2D eigenvalue weighted by molar-refractivity contribution is 0.103. The highest BCUT2D eigenvalue weighted by atomic mass is 16.5. The number of anilines is 1. The molecule has 3 rings (SSSR count). The molecule has 1 aromatic heterocycles. The monoisotopic (exact) mass is 402 g/mol. The molecule has 0 saturated heterocycles. The number of carbonyl (C=O) groups is 1. The zero-order valence-electron chi connectivity index (χ0n) is 16.3. The van der Waals surface area contributed by atoms with Crippen LogP contribution in [0.2, 0.25) is 0 Å². The van der Waals surface area contributed by atoms with Gasteiger partial charge in [-0.2, -0.15) is 5.26 Å². The van der Waals surface area contributed by atoms with Crippen LogP contribution in [0.5, 0.6) is 11.5 Å². The fraction of sp³-hybridized carbons (Fsp3) is 0.0909. The maximum absolute atomic E-state index is 12.9. The molecule has 1 heterocycles. The highest BCUT2D eigenvalue weighted by molar-refractivity contribution is 6.16. The second kappa shape index (κ2) is 8.32. The first-order valence-electron chi connectivity index (χ1n) is 8.88. The van der Waals surface area contributed by atoms with Crippen LogP contribution < -0.4 is 21.7 Å². The molecule has 0 radical (unpaired) electrons. The molecule has 150 valence electrons. The number of aromatic nitrogens is 2. The minimum absolute atomic E-state index is 0.296. The van der Waals surface area contributed by atoms with Gasteiger partial charge in [0.1, 0.15) is 34.5 Å². The van der Waals surface area contributed by atoms with Crippen molar-refractivity contribution in [1.82, 2.24) is 9.13 Å². The molecule has 3 aromatic rings. The molecule has 0 aliphatic heterocycles. The molecule has 30 heavy (non-hydrogen) atoms. The Morgan fingerprint density at radius 2 is 1.70 bits per heavy atom. The summed E-state index contributed by atoms with van der Waals surface area (Å²) in [5.41, 5.74) is 4.10. The van der Waals surface area contributed by atoms with Gasteiger partial charge in [-0.25, -0.2) is 4.79 Å². The predicted octanol–water partition coefficient (Wildman–Crippen LogP) is 2.25. The van der Waals surface area contributed by atoms with Crippen LogP contribution in [-0.2, 0) is 14.1 Å². The molecule has 0 amide bonds. The van der Waals surface area contributed by atoms with E-state index in [0.717, 1.165) is 9.13 Å². The standard InChI is InChI=1S/C22H18N4O4/c1-25-20(24)18(21(28)26(2)22(25)29)19(27)15(13-23)11-14-7-6-10-17(12-14)30-16-8-4-3-5-9-16/h3-12H,24H2,1-2H3/b15-11+. The van der Waals surface area contributed by atoms with Crippen LogP contribution in [0.25, 0.3) is 6.08 Å². The van der Waals surface area contributed by atoms with Gasteiger partial charge in [0.2, 0.25) is 5.78 Å². The molecule has 2 N–H and O–H groups in total. The number of allylic oxidation sites excluding steroid dienone is 1. The summed E-state index contributed by atoms with van der Waals surface area (Å²) in [6.45, 7) is 0. The number of hydrogen-bond acceptors (Lipinski definition) is 6. The Morgan fingerprint density at radius 3 is 2.37 bits per heavy atom. The van der Waals surface area contributed by atoms with Crippen molar-refractivity contribution in [1.29, 1.82) is 5.26 Å². The Labute approximate surface area is 171 Å². The number of carbonyl (C=O) groups excluding carboxylic acids is 1. The Hall–Kier alpha value is -4.38. The van der Waals surface area contributed by atoms with E-state index < -0.39 is 22.6 Å². The van der Waals surface area contributed by atoms with Gasteiger partial charge in [0.25, 0.3) is 5.56 Å². The Bertz CT molecular complexity index is 1310. The molecular formula is C22H18N4O4. The Balaban J connectivity index is 2.01. The summed E-state index contributed by atoms with van der Waals surface area (Å²) >= 11 is 0. The second-order valence-corrected chi connectivity index (χ2v) is 6.45. The maximum atomic E-state index is 12.9. The van der Waals surface area contributed by atoms with Gasteiger partial charge in [0.05, 0.1) is 0 Å². The van der Waals surface area contributed by atoms with Crippen LogP contribution in [0.1, 0.15) is 15.9 Å². The van der Waals surface area contributed by atoms with Gasteiger partial charge in [0.15, 0.2) is 0 Å². The number of para-hydroxylation sites is 1. The highest BCUT2D eigenvalue weighted by Crippen LogP contribution is 2.23. The maximum Gasteiger partial charge on any atom is 0.332 e. The number of nitriles is 1. The van der Waals surface area contributed by atoms with E-state index in [4.69, 9.17) is 10.5 Å². The molecule has 0 unspecified atom stereocenters. The lowest BCUT2D eigenvalue weighted by Crippen LogP contribution is -2.41. The number of nitrogen functional groups attached to an aromatic ring is 1. The number of ketones is 1. The summed E-state index contributed by atoms with van der Waals surface area (Å²) in [4.78, 5) is 37.3. The quantitative estimate of drug-likeness (QED) is 0.397. The minimum Gasteiger partial charge on any atom is -0.457 e. The van der Waals surface area contributed by atoms with Gasteiger partial charge in [-0.05, 0) is 35.9 Å². The van der Waals surface area contributed by atoms with Crippen molar-refractivity contribution in [3.63, 3.8) is 0 Å². The first kappa shape index (κ1) is 20.4. The number of benzene rings is 2. The summed E-state index contributed by atoms with van der Waals surface area (Å²) in [5.74, 6) is -0.00935. The molecule has 0 bridgehead atoms. The molecule has 0 aliphatic rings. The van der Waals surface area contributed by atoms with E-state index in [9.17, 15) is 19.6 Å². The van der Waals surface area contributed by atoms with Gasteiger partial charge in [-0.1, -0.05) is 30.3 Å². The van der Waals surface area contributed by atoms with Crippen LogP contribution >= 0.6 is 0 Å². The average molecular weight is 402 g/mol. The zero-order chi connectivity index (χ0) is 21.8. The van der Waals surface area contributed by atoms with E-state index in [-0.39, 0.29) is 11.4 Å². The molecule has 8 nitrogen and oxygen atoms in total. The summed E-state index contributed by atoms with van der Waals surface area (Å²) < 4.78 is 7.51. The van der Waals surface area contributed by atoms with Gasteiger partial charge < -0.3 is 10.5 Å². The zero-order valence-corrected chi connectivity index (χ0v) is 16.3. The van der Waals surface area contributed by atoms with Gasteiger partial charge >= 0.3 is 5.69 Å². The number of ether oxygens (including phenoxy) is 1. The van der Waals surface area contributed by atoms with Gasteiger partial charge in [-0.15, -0.1) is 0 Å². The van der Waals surface area contributed by atoms with E-state index in [2.05, 4.69) is 0 Å². The number of hydrogen-bond donors (Lipinski definition) is 1. The molecular weight excluding hydrogens is 384 g/mol. The molecule has 8 heteroatoms. The van der Waals surface area contributed by atoms with Gasteiger partial charge in [-0.3, -0.25) is 18.7 Å². The van der Waals surface area contributed by atoms with Crippen molar-refractivity contribution in [2.75, 3.05) is 5.73 Å². The predicted molar refractivity (Wildman–Crippen MR) is 112 cm³/mol. The number of Topliss-reactive ketones (excluding diaryl/α,β-unsaturated/α-hetero) is 1. The molecule has 0 atom stereocenters. The molecule has 0 spiro atoms. The third-order valence-electron chi connectivity index (χ3n) is 4.45. The smallest absolute Gasteiger partial charge is 0.332 e. The fourth-order valence-corrected chi connectivity index (χ4v) is 2.82. The van der Waals surface area contributed by atoms with Crippen molar-refractivity contribution in [2.45, 2.75) is 0 Å². The van der Waals surface area contributed by atoms with Crippen LogP contribution in [-0.4, -0.2) is 14.9 Å². The second-order valence-electron chi connectivity index (χ2n) is 6.45.